The molecule has 736 valence electrons. The normalized spacial score (nSPS) is 12.3. The number of amides is 1. The molecule has 0 aliphatic heterocycles. The van der Waals surface area contributed by atoms with E-state index in [1.54, 1.807) is 14.2 Å². The van der Waals surface area contributed by atoms with Crippen LogP contribution in [-0.2, 0) is 147 Å². The highest BCUT2D eigenvalue weighted by atomic mass is 16.7. The molecule has 0 bridgehead atoms. The lowest BCUT2D eigenvalue weighted by Gasteiger charge is -2.22. The quantitative estimate of drug-likeness (QED) is 0.0256. The van der Waals surface area contributed by atoms with Gasteiger partial charge in [-0.25, -0.2) is 4.79 Å². The average Bonchev–Trinajstić information content (AvgIpc) is 0.883. The Hall–Kier alpha value is -3.15. The molecule has 0 spiro atoms. The summed E-state index contributed by atoms with van der Waals surface area (Å²) in [5.74, 6) is -2.00. The first-order valence-corrected chi connectivity index (χ1v) is 47.3. The van der Waals surface area contributed by atoms with Gasteiger partial charge >= 0.3 is 11.9 Å². The maximum absolute atomic E-state index is 14.1. The van der Waals surface area contributed by atoms with Gasteiger partial charge in [0.15, 0.2) is 6.10 Å². The van der Waals surface area contributed by atoms with Gasteiger partial charge in [0.1, 0.15) is 12.8 Å². The zero-order valence-electron chi connectivity index (χ0n) is 78.0. The third kappa shape index (κ3) is 103. The molecule has 1 N–H and O–H groups in total. The fourth-order valence-electron chi connectivity index (χ4n) is 11.3. The van der Waals surface area contributed by atoms with Gasteiger partial charge in [-0.05, 0) is 64.2 Å². The van der Waals surface area contributed by atoms with Gasteiger partial charge in [-0.2, -0.15) is 0 Å². The fraction of sp³-hybridized carbons (Fsp3) is 0.924. The van der Waals surface area contributed by atoms with Gasteiger partial charge in [-0.15, -0.1) is 0 Å². The van der Waals surface area contributed by atoms with E-state index in [1.807, 2.05) is 0 Å². The van der Waals surface area contributed by atoms with Crippen LogP contribution < -0.4 is 5.32 Å². The highest BCUT2D eigenvalue weighted by molar-refractivity contribution is 5.89. The van der Waals surface area contributed by atoms with Crippen molar-refractivity contribution in [3.05, 3.63) is 24.3 Å². The molecule has 0 rings (SSSR count). The van der Waals surface area contributed by atoms with E-state index in [-0.39, 0.29) is 59.6 Å². The van der Waals surface area contributed by atoms with Crippen LogP contribution in [0.1, 0.15) is 200 Å². The summed E-state index contributed by atoms with van der Waals surface area (Å²) in [6, 6.07) is -1.32. The summed E-state index contributed by atoms with van der Waals surface area (Å²) in [4.78, 5) is 41.4. The largest absolute Gasteiger partial charge is 0.466 e. The van der Waals surface area contributed by atoms with Crippen molar-refractivity contribution in [2.75, 3.05) is 345 Å². The summed E-state index contributed by atoms with van der Waals surface area (Å²) in [5.41, 5.74) is 0. The van der Waals surface area contributed by atoms with E-state index in [9.17, 15) is 14.4 Å². The van der Waals surface area contributed by atoms with E-state index in [4.69, 9.17) is 133 Å². The van der Waals surface area contributed by atoms with Gasteiger partial charge in [-0.3, -0.25) is 9.59 Å². The lowest BCUT2D eigenvalue weighted by molar-refractivity contribution is -0.156. The van der Waals surface area contributed by atoms with Crippen molar-refractivity contribution in [2.24, 2.45) is 0 Å². The number of carbonyl (C=O) groups excluding carboxylic acids is 3. The number of methoxy groups -OCH3 is 2. The second-order valence-corrected chi connectivity index (χ2v) is 29.1. The number of ether oxygens (including phenoxy) is 28. The minimum Gasteiger partial charge on any atom is -0.466 e. The summed E-state index contributed by atoms with van der Waals surface area (Å²) < 4.78 is 155. The van der Waals surface area contributed by atoms with E-state index in [2.05, 4.69) is 43.5 Å². The third-order valence-electron chi connectivity index (χ3n) is 18.4. The Morgan fingerprint density at radius 1 is 0.234 bits per heavy atom. The third-order valence-corrected chi connectivity index (χ3v) is 18.4. The molecule has 0 saturated heterocycles. The van der Waals surface area contributed by atoms with Crippen LogP contribution in [-0.4, -0.2) is 375 Å². The number of unbranched alkanes of at least 4 members (excludes halogenated alkanes) is 24. The van der Waals surface area contributed by atoms with Crippen LogP contribution in [0.2, 0.25) is 0 Å². The first kappa shape index (κ1) is 121. The number of rotatable bonds is 111. The topological polar surface area (TPSA) is 322 Å². The maximum Gasteiger partial charge on any atom is 0.329 e. The summed E-state index contributed by atoms with van der Waals surface area (Å²) in [5, 5.41) is 2.74. The van der Waals surface area contributed by atoms with Gasteiger partial charge < -0.3 is 138 Å². The van der Waals surface area contributed by atoms with Gasteiger partial charge in [0.05, 0.1) is 330 Å². The Morgan fingerprint density at radius 2 is 0.452 bits per heavy atom. The number of esters is 2. The first-order chi connectivity index (χ1) is 61.5. The second kappa shape index (κ2) is 110. The SMILES string of the molecule is CCCCCCCC/C=C/CCCCCCCCOC(=O)C[C@H](NC(=O)C(COCCOCCOCCOCCOCCOCCOCCOCCOCCOCCOCCOCCOC)OCCOCOCCOCCOCCOCCOCCOCCOCCOCCOCCOCCOC)C(=O)OCCCCCCCC/C=C/CCCCCCCC. The second-order valence-electron chi connectivity index (χ2n) is 29.1. The maximum atomic E-state index is 14.1. The Bertz CT molecular complexity index is 2100. The van der Waals surface area contributed by atoms with Crippen molar-refractivity contribution in [3.8, 4) is 0 Å². The van der Waals surface area contributed by atoms with Crippen molar-refractivity contribution < 1.29 is 147 Å². The predicted octanol–water partition coefficient (Wildman–Crippen LogP) is 12.0. The van der Waals surface area contributed by atoms with Crippen LogP contribution in [0.3, 0.4) is 0 Å². The van der Waals surface area contributed by atoms with Crippen LogP contribution in [0.15, 0.2) is 24.3 Å². The molecular weight excluding hydrogens is 1610 g/mol. The molecule has 2 atom stereocenters. The molecule has 1 amide bonds. The summed E-state index contributed by atoms with van der Waals surface area (Å²) in [6.45, 7) is 24.2. The monoisotopic (exact) mass is 1790 g/mol. The van der Waals surface area contributed by atoms with E-state index in [0.29, 0.717) is 284 Å². The minimum absolute atomic E-state index is 0.0214. The number of allylic oxidation sites excluding steroid dienone is 4. The molecule has 0 aromatic carbocycles. The van der Waals surface area contributed by atoms with E-state index in [1.165, 1.54) is 89.9 Å². The van der Waals surface area contributed by atoms with Crippen molar-refractivity contribution in [2.45, 2.75) is 212 Å². The van der Waals surface area contributed by atoms with Crippen molar-refractivity contribution in [1.82, 2.24) is 5.32 Å². The van der Waals surface area contributed by atoms with Crippen molar-refractivity contribution in [1.29, 1.82) is 0 Å². The number of hydrogen-bond donors (Lipinski definition) is 1. The number of nitrogens with one attached hydrogen (secondary N) is 1. The molecule has 0 aromatic heterocycles. The average molecular weight is 1790 g/mol. The van der Waals surface area contributed by atoms with Gasteiger partial charge in [0.2, 0.25) is 0 Å². The van der Waals surface area contributed by atoms with Crippen molar-refractivity contribution in [3.63, 3.8) is 0 Å². The molecule has 1 unspecified atom stereocenters. The molecule has 124 heavy (non-hydrogen) atoms. The zero-order chi connectivity index (χ0) is 89.1. The number of carbonyl (C=O) groups is 3. The molecule has 0 aromatic rings. The van der Waals surface area contributed by atoms with E-state index in [0.717, 1.165) is 77.0 Å². The predicted molar refractivity (Wildman–Crippen MR) is 475 cm³/mol. The lowest BCUT2D eigenvalue weighted by atomic mass is 10.1. The fourth-order valence-corrected chi connectivity index (χ4v) is 11.3. The Balaban J connectivity index is 4.96. The molecular formula is C92H177NO31. The molecule has 0 aliphatic carbocycles. The molecule has 0 aliphatic rings. The Morgan fingerprint density at radius 3 is 0.718 bits per heavy atom. The van der Waals surface area contributed by atoms with Crippen LogP contribution in [0.25, 0.3) is 0 Å². The first-order valence-electron chi connectivity index (χ1n) is 47.3. The molecule has 0 radical (unpaired) electrons. The number of hydrogen-bond acceptors (Lipinski definition) is 31. The lowest BCUT2D eigenvalue weighted by Crippen LogP contribution is -2.49. The van der Waals surface area contributed by atoms with Crippen LogP contribution >= 0.6 is 0 Å². The summed E-state index contributed by atoms with van der Waals surface area (Å²) in [7, 11) is 3.28. The molecule has 0 heterocycles. The molecule has 0 fully saturated rings. The van der Waals surface area contributed by atoms with E-state index < -0.39 is 36.4 Å². The van der Waals surface area contributed by atoms with Crippen LogP contribution in [0.5, 0.6) is 0 Å². The van der Waals surface area contributed by atoms with Gasteiger partial charge in [-0.1, -0.05) is 154 Å². The molecule has 32 heteroatoms. The smallest absolute Gasteiger partial charge is 0.329 e. The van der Waals surface area contributed by atoms with Crippen LogP contribution in [0, 0.1) is 0 Å². The van der Waals surface area contributed by atoms with Gasteiger partial charge in [0.25, 0.3) is 5.91 Å². The van der Waals surface area contributed by atoms with Gasteiger partial charge in [0, 0.05) is 14.2 Å². The standard InChI is InChI=1S/C92H177NO31/c1-5-7-9-11-13-15-17-19-21-23-25-27-29-31-33-35-37-123-90(94)85-88(92(96)124-38-36-34-32-30-28-26-24-22-20-18-16-14-12-10-8-6-2)93-91(95)89(122-84-83-121-87-120-82-80-118-78-76-116-74-72-114-70-68-112-66-64-108-58-56-106-54-52-104-50-48-102-46-44-100-42-40-98-4)86-119-81-79-117-77-75-115-73-71-113-69-67-111-65-63-110-62-61-109-60-59-107-57-55-105-53-51-103-49-47-101-45-43-99-41-39-97-3/h19-22,88-89H,5-18,23-87H2,1-4H3,(H,93,95)/b21-19+,22-20+/t88-,89?/m0/s1. The highest BCUT2D eigenvalue weighted by Crippen LogP contribution is 2.14. The minimum atomic E-state index is -1.32. The molecule has 32 nitrogen and oxygen atoms in total. The molecule has 0 saturated carbocycles. The van der Waals surface area contributed by atoms with Crippen molar-refractivity contribution >= 4 is 17.8 Å². The zero-order valence-corrected chi connectivity index (χ0v) is 78.0. The summed E-state index contributed by atoms with van der Waals surface area (Å²) >= 11 is 0. The Labute approximate surface area is 748 Å². The summed E-state index contributed by atoms with van der Waals surface area (Å²) in [6.07, 6.45) is 40.1. The Kier molecular flexibility index (Phi) is 108. The van der Waals surface area contributed by atoms with Crippen LogP contribution in [0.4, 0.5) is 0 Å². The highest BCUT2D eigenvalue weighted by Gasteiger charge is 2.30. The van der Waals surface area contributed by atoms with E-state index >= 15 is 0 Å².